The summed E-state index contributed by atoms with van der Waals surface area (Å²) >= 11 is 1.24. The Kier molecular flexibility index (Phi) is 9.79. The van der Waals surface area contributed by atoms with Crippen molar-refractivity contribution in [1.29, 1.82) is 0 Å². The molecule has 3 aromatic rings. The van der Waals surface area contributed by atoms with Gasteiger partial charge < -0.3 is 31.9 Å². The molecule has 3 amide bonds. The van der Waals surface area contributed by atoms with Crippen LogP contribution in [-0.4, -0.2) is 76.3 Å². The number of aliphatic carboxylic acids is 2. The van der Waals surface area contributed by atoms with E-state index >= 15 is 0 Å². The number of hydrogen-bond acceptors (Lipinski definition) is 8. The van der Waals surface area contributed by atoms with Gasteiger partial charge in [-0.25, -0.2) is 4.98 Å². The molecule has 2 aromatic carbocycles. The molecule has 7 N–H and O–H groups in total. The zero-order chi connectivity index (χ0) is 28.7. The number of carboxylic acid groups (broad SMARTS) is 2. The minimum absolute atomic E-state index is 0.00847. The van der Waals surface area contributed by atoms with Gasteiger partial charge in [0.05, 0.1) is 16.6 Å². The molecule has 0 aliphatic rings. The van der Waals surface area contributed by atoms with E-state index in [2.05, 4.69) is 16.0 Å². The fourth-order valence-electron chi connectivity index (χ4n) is 3.88. The number of nitrogens with one attached hydrogen (secondary N) is 3. The Hall–Kier alpha value is -4.23. The van der Waals surface area contributed by atoms with E-state index < -0.39 is 42.4 Å². The lowest BCUT2D eigenvalue weighted by Crippen LogP contribution is -2.49. The third kappa shape index (κ3) is 7.21. The van der Waals surface area contributed by atoms with Gasteiger partial charge in [0, 0.05) is 34.9 Å². The van der Waals surface area contributed by atoms with Crippen molar-refractivity contribution in [2.75, 3.05) is 19.3 Å². The van der Waals surface area contributed by atoms with E-state index in [-0.39, 0.29) is 24.5 Å². The van der Waals surface area contributed by atoms with E-state index in [1.165, 1.54) is 18.8 Å². The van der Waals surface area contributed by atoms with Crippen LogP contribution in [0.1, 0.15) is 28.8 Å². The van der Waals surface area contributed by atoms with Crippen molar-refractivity contribution in [2.24, 2.45) is 5.73 Å². The average molecular weight is 556 g/mol. The number of rotatable bonds is 12. The lowest BCUT2D eigenvalue weighted by Gasteiger charge is -2.20. The summed E-state index contributed by atoms with van der Waals surface area (Å²) in [6.07, 6.45) is -0.379. The van der Waals surface area contributed by atoms with Crippen molar-refractivity contribution in [1.82, 2.24) is 20.9 Å². The highest BCUT2D eigenvalue weighted by Gasteiger charge is 2.24. The van der Waals surface area contributed by atoms with Crippen LogP contribution >= 0.6 is 11.8 Å². The van der Waals surface area contributed by atoms with Gasteiger partial charge in [-0.05, 0) is 25.0 Å². The Morgan fingerprint density at radius 3 is 2.33 bits per heavy atom. The first-order valence-corrected chi connectivity index (χ1v) is 13.0. The maximum absolute atomic E-state index is 12.8. The lowest BCUT2D eigenvalue weighted by molar-refractivity contribution is -0.139. The van der Waals surface area contributed by atoms with E-state index in [0.717, 1.165) is 15.8 Å². The Labute approximate surface area is 227 Å². The highest BCUT2D eigenvalue weighted by Crippen LogP contribution is 2.36. The molecule has 3 rings (SSSR count). The van der Waals surface area contributed by atoms with Crippen LogP contribution in [-0.2, 0) is 19.2 Å². The molecule has 0 bridgehead atoms. The van der Waals surface area contributed by atoms with E-state index in [1.54, 1.807) is 12.1 Å². The molecule has 1 heterocycles. The summed E-state index contributed by atoms with van der Waals surface area (Å²) in [5.41, 5.74) is 7.86. The molecule has 0 radical (unpaired) electrons. The molecule has 0 aliphatic carbocycles. The SMILES string of the molecule is CNC(=O)c1cccc2c(SC[C@H](NC(=O)CC[C@H](N)C(=O)O)C(=O)NCC(=O)O)c3cccc(C)c3nc12. The number of carbonyl (C=O) groups is 5. The minimum atomic E-state index is -1.25. The second-order valence-electron chi connectivity index (χ2n) is 8.72. The number of benzene rings is 2. The normalized spacial score (nSPS) is 12.5. The van der Waals surface area contributed by atoms with Crippen molar-refractivity contribution in [3.05, 3.63) is 47.5 Å². The van der Waals surface area contributed by atoms with Gasteiger partial charge in [0.25, 0.3) is 5.91 Å². The zero-order valence-electron chi connectivity index (χ0n) is 21.3. The smallest absolute Gasteiger partial charge is 0.322 e. The second kappa shape index (κ2) is 13.0. The number of thioether (sulfide) groups is 1. The van der Waals surface area contributed by atoms with Gasteiger partial charge >= 0.3 is 11.9 Å². The van der Waals surface area contributed by atoms with Crippen LogP contribution in [0.3, 0.4) is 0 Å². The molecule has 0 unspecified atom stereocenters. The van der Waals surface area contributed by atoms with Crippen LogP contribution in [0.5, 0.6) is 0 Å². The fourth-order valence-corrected chi connectivity index (χ4v) is 5.09. The van der Waals surface area contributed by atoms with Gasteiger partial charge in [-0.1, -0.05) is 30.3 Å². The first kappa shape index (κ1) is 29.3. The molecule has 39 heavy (non-hydrogen) atoms. The number of carbonyl (C=O) groups excluding carboxylic acids is 3. The van der Waals surface area contributed by atoms with Gasteiger partial charge in [0.15, 0.2) is 0 Å². The van der Waals surface area contributed by atoms with Gasteiger partial charge in [0.1, 0.15) is 18.6 Å². The summed E-state index contributed by atoms with van der Waals surface area (Å²) in [6, 6.07) is 8.44. The molecule has 1 aromatic heterocycles. The molecule has 0 spiro atoms. The number of nitrogens with two attached hydrogens (primary N) is 1. The van der Waals surface area contributed by atoms with Crippen LogP contribution in [0.4, 0.5) is 0 Å². The van der Waals surface area contributed by atoms with Crippen LogP contribution in [0.15, 0.2) is 41.3 Å². The summed E-state index contributed by atoms with van der Waals surface area (Å²) < 4.78 is 0. The Morgan fingerprint density at radius 1 is 1.03 bits per heavy atom. The average Bonchev–Trinajstić information content (AvgIpc) is 2.91. The molecule has 13 heteroatoms. The molecule has 206 valence electrons. The van der Waals surface area contributed by atoms with E-state index in [4.69, 9.17) is 20.9 Å². The van der Waals surface area contributed by atoms with Gasteiger partial charge in [-0.2, -0.15) is 0 Å². The van der Waals surface area contributed by atoms with Crippen molar-refractivity contribution >= 4 is 63.2 Å². The summed E-state index contributed by atoms with van der Waals surface area (Å²) in [6.45, 7) is 1.25. The van der Waals surface area contributed by atoms with Crippen molar-refractivity contribution in [3.8, 4) is 0 Å². The predicted octanol–water partition coefficient (Wildman–Crippen LogP) is 1.03. The van der Waals surface area contributed by atoms with E-state index in [1.807, 2.05) is 31.2 Å². The third-order valence-electron chi connectivity index (χ3n) is 5.92. The highest BCUT2D eigenvalue weighted by molar-refractivity contribution is 7.99. The van der Waals surface area contributed by atoms with Gasteiger partial charge in [0.2, 0.25) is 11.8 Å². The number of para-hydroxylation sites is 2. The van der Waals surface area contributed by atoms with Crippen LogP contribution in [0.2, 0.25) is 0 Å². The first-order chi connectivity index (χ1) is 18.5. The number of aromatic nitrogens is 1. The Morgan fingerprint density at radius 2 is 1.69 bits per heavy atom. The van der Waals surface area contributed by atoms with Gasteiger partial charge in [-0.3, -0.25) is 24.0 Å². The van der Waals surface area contributed by atoms with Crippen LogP contribution < -0.4 is 21.7 Å². The maximum atomic E-state index is 12.8. The second-order valence-corrected chi connectivity index (χ2v) is 9.75. The molecular formula is C26H29N5O7S. The molecular weight excluding hydrogens is 526 g/mol. The molecule has 0 fully saturated rings. The predicted molar refractivity (Wildman–Crippen MR) is 146 cm³/mol. The maximum Gasteiger partial charge on any atom is 0.322 e. The zero-order valence-corrected chi connectivity index (χ0v) is 22.1. The number of amides is 3. The molecule has 0 saturated heterocycles. The number of fused-ring (bicyclic) bond motifs is 2. The van der Waals surface area contributed by atoms with Crippen LogP contribution in [0, 0.1) is 6.92 Å². The summed E-state index contributed by atoms with van der Waals surface area (Å²) in [4.78, 5) is 65.4. The number of aryl methyl sites for hydroxylation is 1. The molecule has 0 aliphatic heterocycles. The first-order valence-electron chi connectivity index (χ1n) is 12.0. The fraction of sp³-hybridized carbons (Fsp3) is 0.308. The largest absolute Gasteiger partial charge is 0.480 e. The third-order valence-corrected chi connectivity index (χ3v) is 7.15. The highest BCUT2D eigenvalue weighted by atomic mass is 32.2. The van der Waals surface area contributed by atoms with Crippen molar-refractivity contribution in [3.63, 3.8) is 0 Å². The van der Waals surface area contributed by atoms with Crippen molar-refractivity contribution < 1.29 is 34.2 Å². The Balaban J connectivity index is 1.98. The number of hydrogen-bond donors (Lipinski definition) is 6. The van der Waals surface area contributed by atoms with E-state index in [0.29, 0.717) is 22.0 Å². The van der Waals surface area contributed by atoms with Crippen molar-refractivity contribution in [2.45, 2.75) is 36.7 Å². The molecule has 2 atom stereocenters. The number of carboxylic acids is 2. The topological polar surface area (TPSA) is 201 Å². The number of pyridine rings is 1. The molecule has 0 saturated carbocycles. The molecule has 12 nitrogen and oxygen atoms in total. The number of nitrogens with zero attached hydrogens (tertiary/aromatic N) is 1. The summed E-state index contributed by atoms with van der Waals surface area (Å²) in [5, 5.41) is 26.8. The lowest BCUT2D eigenvalue weighted by atomic mass is 10.0. The summed E-state index contributed by atoms with van der Waals surface area (Å²) in [5.74, 6) is -4.13. The Bertz CT molecular complexity index is 1450. The monoisotopic (exact) mass is 555 g/mol. The quantitative estimate of drug-likeness (QED) is 0.138. The van der Waals surface area contributed by atoms with Gasteiger partial charge in [-0.15, -0.1) is 11.8 Å². The van der Waals surface area contributed by atoms with E-state index in [9.17, 15) is 24.0 Å². The minimum Gasteiger partial charge on any atom is -0.480 e. The standard InChI is InChI=1S/C26H29N5O7S/c1-13-5-3-6-14-21(13)31-22-15(7-4-8-16(22)24(35)28-2)23(14)39-12-18(25(36)29-11-20(33)34)30-19(32)10-9-17(27)26(37)38/h3-8,17-18H,9-12,27H2,1-2H3,(H,28,35)(H,29,36)(H,30,32)(H,33,34)(H,37,38)/t17-,18-/m0/s1. The summed E-state index contributed by atoms with van der Waals surface area (Å²) in [7, 11) is 1.52. The van der Waals surface area contributed by atoms with Crippen LogP contribution in [0.25, 0.3) is 21.8 Å².